The first-order valence-electron chi connectivity index (χ1n) is 10.2. The van der Waals surface area contributed by atoms with E-state index in [4.69, 9.17) is 0 Å². The van der Waals surface area contributed by atoms with Gasteiger partial charge in [-0.2, -0.15) is 4.98 Å². The van der Waals surface area contributed by atoms with Crippen molar-refractivity contribution in [2.24, 2.45) is 0 Å². The van der Waals surface area contributed by atoms with Gasteiger partial charge in [0.25, 0.3) is 11.7 Å². The average molecular weight is 414 g/mol. The van der Waals surface area contributed by atoms with E-state index in [1.54, 1.807) is 4.90 Å². The average Bonchev–Trinajstić information content (AvgIpc) is 3.19. The number of hydrogen-bond acceptors (Lipinski definition) is 5. The number of aromatic nitrogens is 4. The van der Waals surface area contributed by atoms with E-state index in [9.17, 15) is 13.6 Å². The van der Waals surface area contributed by atoms with Gasteiger partial charge in [0.2, 0.25) is 0 Å². The molecule has 158 valence electrons. The maximum absolute atomic E-state index is 14.0. The first kappa shape index (κ1) is 20.2. The van der Waals surface area contributed by atoms with Gasteiger partial charge in [0.15, 0.2) is 0 Å². The van der Waals surface area contributed by atoms with Gasteiger partial charge in [-0.15, -0.1) is 10.2 Å². The predicted octanol–water partition coefficient (Wildman–Crippen LogP) is 2.88. The van der Waals surface area contributed by atoms with Crippen molar-refractivity contribution in [2.45, 2.75) is 33.1 Å². The van der Waals surface area contributed by atoms with Gasteiger partial charge in [-0.25, -0.2) is 8.78 Å². The van der Waals surface area contributed by atoms with Crippen LogP contribution in [-0.2, 0) is 12.8 Å². The minimum absolute atomic E-state index is 0.233. The number of anilines is 1. The van der Waals surface area contributed by atoms with Gasteiger partial charge in [0.1, 0.15) is 23.3 Å². The second kappa shape index (κ2) is 8.33. The maximum atomic E-state index is 14.0. The first-order valence-corrected chi connectivity index (χ1v) is 10.2. The molecule has 0 aliphatic carbocycles. The van der Waals surface area contributed by atoms with Gasteiger partial charge >= 0.3 is 0 Å². The number of piperazine rings is 1. The van der Waals surface area contributed by atoms with Gasteiger partial charge < -0.3 is 9.80 Å². The van der Waals surface area contributed by atoms with Crippen molar-refractivity contribution in [3.8, 4) is 0 Å². The van der Waals surface area contributed by atoms with Crippen LogP contribution in [0.2, 0.25) is 0 Å². The van der Waals surface area contributed by atoms with Gasteiger partial charge in [-0.3, -0.25) is 9.20 Å². The highest BCUT2D eigenvalue weighted by molar-refractivity contribution is 5.94. The third-order valence-electron chi connectivity index (χ3n) is 5.38. The largest absolute Gasteiger partial charge is 0.353 e. The molecule has 0 spiro atoms. The molecular weight excluding hydrogens is 390 g/mol. The third kappa shape index (κ3) is 3.71. The van der Waals surface area contributed by atoms with E-state index >= 15 is 0 Å². The Morgan fingerprint density at radius 3 is 2.53 bits per heavy atom. The molecule has 4 rings (SSSR count). The van der Waals surface area contributed by atoms with Crippen molar-refractivity contribution < 1.29 is 13.6 Å². The minimum atomic E-state index is -0.710. The van der Waals surface area contributed by atoms with E-state index in [0.717, 1.165) is 54.8 Å². The fraction of sp³-hybridized carbons (Fsp3) is 0.429. The highest BCUT2D eigenvalue weighted by atomic mass is 19.1. The Bertz CT molecular complexity index is 1070. The zero-order chi connectivity index (χ0) is 21.3. The molecule has 9 heteroatoms. The topological polar surface area (TPSA) is 66.6 Å². The smallest absolute Gasteiger partial charge is 0.257 e. The van der Waals surface area contributed by atoms with Gasteiger partial charge in [-0.1, -0.05) is 20.3 Å². The van der Waals surface area contributed by atoms with Crippen molar-refractivity contribution in [1.82, 2.24) is 24.5 Å². The summed E-state index contributed by atoms with van der Waals surface area (Å²) >= 11 is 0. The summed E-state index contributed by atoms with van der Waals surface area (Å²) in [6, 6.07) is 5.00. The number of rotatable bonds is 5. The Morgan fingerprint density at radius 1 is 1.07 bits per heavy atom. The molecule has 0 bridgehead atoms. The molecule has 0 N–H and O–H groups in total. The van der Waals surface area contributed by atoms with Crippen LogP contribution in [-0.4, -0.2) is 56.6 Å². The van der Waals surface area contributed by atoms with Gasteiger partial charge in [0, 0.05) is 44.4 Å². The van der Waals surface area contributed by atoms with Crippen molar-refractivity contribution >= 4 is 17.5 Å². The molecule has 30 heavy (non-hydrogen) atoms. The zero-order valence-corrected chi connectivity index (χ0v) is 17.1. The fourth-order valence-corrected chi connectivity index (χ4v) is 3.82. The van der Waals surface area contributed by atoms with Crippen LogP contribution < -0.4 is 4.90 Å². The van der Waals surface area contributed by atoms with E-state index in [1.165, 1.54) is 0 Å². The number of amides is 1. The number of nitrogens with zero attached hydrogens (tertiary/aromatic N) is 6. The summed E-state index contributed by atoms with van der Waals surface area (Å²) < 4.78 is 29.4. The Balaban J connectivity index is 1.53. The number of halogens is 2. The monoisotopic (exact) mass is 414 g/mol. The molecule has 0 unspecified atom stereocenters. The van der Waals surface area contributed by atoms with Crippen LogP contribution in [0.1, 0.15) is 42.1 Å². The Labute approximate surface area is 173 Å². The molecule has 1 amide bonds. The van der Waals surface area contributed by atoms with Crippen LogP contribution in [0.15, 0.2) is 24.3 Å². The molecule has 1 aliphatic heterocycles. The summed E-state index contributed by atoms with van der Waals surface area (Å²) in [4.78, 5) is 20.9. The highest BCUT2D eigenvalue weighted by Crippen LogP contribution is 2.21. The lowest BCUT2D eigenvalue weighted by atomic mass is 10.1. The quantitative estimate of drug-likeness (QED) is 0.642. The standard InChI is InChI=1S/C21H24F2N6O/c1-3-5-15-13-19(24-21-26-25-18(4-2)29(15)21)27-8-10-28(11-9-27)20(30)16-12-14(22)6-7-17(16)23/h6-7,12-13H,3-5,8-11H2,1-2H3. The van der Waals surface area contributed by atoms with Crippen LogP contribution >= 0.6 is 0 Å². The Kier molecular flexibility index (Phi) is 5.61. The highest BCUT2D eigenvalue weighted by Gasteiger charge is 2.26. The first-order chi connectivity index (χ1) is 14.5. The molecule has 1 fully saturated rings. The van der Waals surface area contributed by atoms with Gasteiger partial charge in [0.05, 0.1) is 5.56 Å². The molecular formula is C21H24F2N6O. The van der Waals surface area contributed by atoms with Crippen LogP contribution in [0.3, 0.4) is 0 Å². The summed E-state index contributed by atoms with van der Waals surface area (Å²) in [5.74, 6) is 0.433. The molecule has 3 aromatic rings. The molecule has 0 saturated carbocycles. The Morgan fingerprint density at radius 2 is 1.83 bits per heavy atom. The van der Waals surface area contributed by atoms with Crippen molar-refractivity contribution in [3.63, 3.8) is 0 Å². The van der Waals surface area contributed by atoms with Crippen molar-refractivity contribution in [3.05, 3.63) is 53.0 Å². The van der Waals surface area contributed by atoms with Crippen molar-refractivity contribution in [1.29, 1.82) is 0 Å². The summed E-state index contributed by atoms with van der Waals surface area (Å²) in [7, 11) is 0. The van der Waals surface area contributed by atoms with Gasteiger partial charge in [-0.05, 0) is 24.6 Å². The van der Waals surface area contributed by atoms with E-state index in [0.29, 0.717) is 32.0 Å². The summed E-state index contributed by atoms with van der Waals surface area (Å²) in [5.41, 5.74) is 0.878. The lowest BCUT2D eigenvalue weighted by molar-refractivity contribution is 0.0741. The predicted molar refractivity (Wildman–Crippen MR) is 109 cm³/mol. The fourth-order valence-electron chi connectivity index (χ4n) is 3.82. The molecule has 1 aliphatic rings. The summed E-state index contributed by atoms with van der Waals surface area (Å²) in [6.45, 7) is 6.06. The number of hydrogen-bond donors (Lipinski definition) is 0. The number of carbonyl (C=O) groups excluding carboxylic acids is 1. The minimum Gasteiger partial charge on any atom is -0.353 e. The number of carbonyl (C=O) groups is 1. The van der Waals surface area contributed by atoms with Crippen LogP contribution in [0.4, 0.5) is 14.6 Å². The Hall–Kier alpha value is -3.10. The molecule has 3 heterocycles. The third-order valence-corrected chi connectivity index (χ3v) is 5.38. The van der Waals surface area contributed by atoms with E-state index in [1.807, 2.05) is 11.3 Å². The molecule has 2 aromatic heterocycles. The summed E-state index contributed by atoms with van der Waals surface area (Å²) in [6.07, 6.45) is 2.64. The van der Waals surface area contributed by atoms with E-state index in [2.05, 4.69) is 33.1 Å². The van der Waals surface area contributed by atoms with Crippen LogP contribution in [0.5, 0.6) is 0 Å². The second-order valence-electron chi connectivity index (χ2n) is 7.36. The number of fused-ring (bicyclic) bond motifs is 1. The zero-order valence-electron chi connectivity index (χ0n) is 17.1. The SMILES string of the molecule is CCCc1cc(N2CCN(C(=O)c3cc(F)ccc3F)CC2)nc2nnc(CC)n12. The van der Waals surface area contributed by atoms with Crippen LogP contribution in [0, 0.1) is 11.6 Å². The number of aryl methyl sites for hydroxylation is 2. The normalized spacial score (nSPS) is 14.5. The molecule has 1 saturated heterocycles. The molecule has 1 aromatic carbocycles. The number of benzene rings is 1. The summed E-state index contributed by atoms with van der Waals surface area (Å²) in [5, 5.41) is 8.46. The van der Waals surface area contributed by atoms with Crippen LogP contribution in [0.25, 0.3) is 5.78 Å². The second-order valence-corrected chi connectivity index (χ2v) is 7.36. The lowest BCUT2D eigenvalue weighted by Crippen LogP contribution is -2.49. The van der Waals surface area contributed by atoms with E-state index < -0.39 is 17.5 Å². The lowest BCUT2D eigenvalue weighted by Gasteiger charge is -2.35. The van der Waals surface area contributed by atoms with E-state index in [-0.39, 0.29) is 5.56 Å². The molecule has 0 radical (unpaired) electrons. The van der Waals surface area contributed by atoms with Crippen molar-refractivity contribution in [2.75, 3.05) is 31.1 Å². The molecule has 0 atom stereocenters. The molecule has 7 nitrogen and oxygen atoms in total. The maximum Gasteiger partial charge on any atom is 0.257 e.